The van der Waals surface area contributed by atoms with Gasteiger partial charge in [0.25, 0.3) is 0 Å². The third-order valence-electron chi connectivity index (χ3n) is 4.86. The molecule has 0 saturated carbocycles. The second-order valence-corrected chi connectivity index (χ2v) is 9.07. The van der Waals surface area contributed by atoms with E-state index in [9.17, 15) is 13.2 Å². The largest absolute Gasteiger partial charge is 0.341 e. The molecule has 6 nitrogen and oxygen atoms in total. The van der Waals surface area contributed by atoms with Gasteiger partial charge in [-0.05, 0) is 30.4 Å². The summed E-state index contributed by atoms with van der Waals surface area (Å²) in [6.07, 6.45) is 5.62. The topological polar surface area (TPSA) is 70.6 Å². The monoisotopic (exact) mass is 351 g/mol. The Hall–Kier alpha value is -1.47. The van der Waals surface area contributed by atoms with E-state index in [0.29, 0.717) is 12.8 Å². The number of sulfone groups is 1. The van der Waals surface area contributed by atoms with Crippen LogP contribution in [0.15, 0.2) is 24.5 Å². The summed E-state index contributed by atoms with van der Waals surface area (Å²) >= 11 is 0. The Labute approximate surface area is 143 Å². The molecule has 7 heteroatoms. The van der Waals surface area contributed by atoms with Gasteiger partial charge in [0.2, 0.25) is 5.91 Å². The van der Waals surface area contributed by atoms with E-state index in [4.69, 9.17) is 0 Å². The standard InChI is InChI=1S/C17H25N3O3S/c21-17(11-15-4-10-24(22,23)14-15)20-7-2-6-19(8-9-20)13-16-3-1-5-18-12-16/h1,3,5,12,15H,2,4,6-11,13-14H2. The van der Waals surface area contributed by atoms with E-state index in [1.807, 2.05) is 17.2 Å². The summed E-state index contributed by atoms with van der Waals surface area (Å²) in [7, 11) is -2.91. The number of hydrogen-bond donors (Lipinski definition) is 0. The van der Waals surface area contributed by atoms with Crippen molar-refractivity contribution >= 4 is 15.7 Å². The van der Waals surface area contributed by atoms with E-state index in [0.717, 1.165) is 39.1 Å². The Kier molecular flexibility index (Phi) is 5.50. The second-order valence-electron chi connectivity index (χ2n) is 6.84. The van der Waals surface area contributed by atoms with Gasteiger partial charge in [0.1, 0.15) is 0 Å². The highest BCUT2D eigenvalue weighted by Gasteiger charge is 2.31. The molecule has 0 spiro atoms. The van der Waals surface area contributed by atoms with Crippen LogP contribution in [0.2, 0.25) is 0 Å². The van der Waals surface area contributed by atoms with Crippen LogP contribution in [0.1, 0.15) is 24.8 Å². The van der Waals surface area contributed by atoms with Crippen molar-refractivity contribution in [3.63, 3.8) is 0 Å². The van der Waals surface area contributed by atoms with Gasteiger partial charge in [-0.1, -0.05) is 6.07 Å². The first-order valence-electron chi connectivity index (χ1n) is 8.61. The van der Waals surface area contributed by atoms with E-state index >= 15 is 0 Å². The lowest BCUT2D eigenvalue weighted by Crippen LogP contribution is -2.36. The highest BCUT2D eigenvalue weighted by atomic mass is 32.2. The smallest absolute Gasteiger partial charge is 0.222 e. The maximum absolute atomic E-state index is 12.5. The van der Waals surface area contributed by atoms with Crippen LogP contribution in [-0.2, 0) is 21.2 Å². The Morgan fingerprint density at radius 2 is 2.12 bits per heavy atom. The number of rotatable bonds is 4. The fourth-order valence-corrected chi connectivity index (χ4v) is 5.40. The number of amides is 1. The van der Waals surface area contributed by atoms with Crippen molar-refractivity contribution in [3.8, 4) is 0 Å². The summed E-state index contributed by atoms with van der Waals surface area (Å²) < 4.78 is 23.1. The third kappa shape index (κ3) is 4.77. The van der Waals surface area contributed by atoms with Crippen LogP contribution in [0.3, 0.4) is 0 Å². The molecule has 3 heterocycles. The summed E-state index contributed by atoms with van der Waals surface area (Å²) in [5.41, 5.74) is 1.19. The van der Waals surface area contributed by atoms with Crippen molar-refractivity contribution in [1.29, 1.82) is 0 Å². The first-order chi connectivity index (χ1) is 11.5. The van der Waals surface area contributed by atoms with Crippen LogP contribution in [0.4, 0.5) is 0 Å². The molecular formula is C17H25N3O3S. The predicted octanol–water partition coefficient (Wildman–Crippen LogP) is 0.941. The fourth-order valence-electron chi connectivity index (χ4n) is 3.54. The minimum absolute atomic E-state index is 0.0113. The van der Waals surface area contributed by atoms with Gasteiger partial charge in [0, 0.05) is 51.5 Å². The summed E-state index contributed by atoms with van der Waals surface area (Å²) in [5.74, 6) is 0.543. The SMILES string of the molecule is O=C(CC1CCS(=O)(=O)C1)N1CCCN(Cc2cccnc2)CC1. The fraction of sp³-hybridized carbons (Fsp3) is 0.647. The normalized spacial score (nSPS) is 24.7. The molecule has 0 aromatic carbocycles. The number of nitrogens with zero attached hydrogens (tertiary/aromatic N) is 3. The third-order valence-corrected chi connectivity index (χ3v) is 6.70. The molecule has 1 unspecified atom stereocenters. The van der Waals surface area contributed by atoms with Crippen molar-refractivity contribution < 1.29 is 13.2 Å². The molecule has 0 aliphatic carbocycles. The van der Waals surface area contributed by atoms with E-state index in [-0.39, 0.29) is 23.3 Å². The van der Waals surface area contributed by atoms with Crippen LogP contribution in [0.5, 0.6) is 0 Å². The predicted molar refractivity (Wildman–Crippen MR) is 92.1 cm³/mol. The molecule has 0 N–H and O–H groups in total. The van der Waals surface area contributed by atoms with Crippen LogP contribution in [-0.4, -0.2) is 66.8 Å². The second kappa shape index (κ2) is 7.61. The molecule has 1 aromatic rings. The van der Waals surface area contributed by atoms with Gasteiger partial charge in [-0.15, -0.1) is 0 Å². The molecule has 1 atom stereocenters. The van der Waals surface area contributed by atoms with Crippen molar-refractivity contribution in [2.24, 2.45) is 5.92 Å². The van der Waals surface area contributed by atoms with Gasteiger partial charge < -0.3 is 4.90 Å². The lowest BCUT2D eigenvalue weighted by Gasteiger charge is -2.23. The number of carbonyl (C=O) groups excluding carboxylic acids is 1. The maximum atomic E-state index is 12.5. The summed E-state index contributed by atoms with van der Waals surface area (Å²) in [4.78, 5) is 20.9. The highest BCUT2D eigenvalue weighted by molar-refractivity contribution is 7.91. The molecule has 2 aliphatic rings. The maximum Gasteiger partial charge on any atom is 0.222 e. The number of hydrogen-bond acceptors (Lipinski definition) is 5. The molecule has 24 heavy (non-hydrogen) atoms. The van der Waals surface area contributed by atoms with E-state index in [1.54, 1.807) is 6.20 Å². The zero-order valence-electron chi connectivity index (χ0n) is 13.9. The van der Waals surface area contributed by atoms with Gasteiger partial charge in [0.15, 0.2) is 9.84 Å². The molecule has 0 bridgehead atoms. The minimum Gasteiger partial charge on any atom is -0.341 e. The molecule has 2 aliphatic heterocycles. The summed E-state index contributed by atoms with van der Waals surface area (Å²) in [6.45, 7) is 4.16. The van der Waals surface area contributed by atoms with Gasteiger partial charge in [0.05, 0.1) is 11.5 Å². The number of pyridine rings is 1. The molecule has 0 radical (unpaired) electrons. The Balaban J connectivity index is 1.49. The zero-order chi connectivity index (χ0) is 17.0. The average Bonchev–Trinajstić information content (AvgIpc) is 2.75. The first-order valence-corrected chi connectivity index (χ1v) is 10.4. The molecule has 132 valence electrons. The summed E-state index contributed by atoms with van der Waals surface area (Å²) in [6, 6.07) is 4.01. The van der Waals surface area contributed by atoms with Crippen molar-refractivity contribution in [1.82, 2.24) is 14.8 Å². The minimum atomic E-state index is -2.91. The van der Waals surface area contributed by atoms with E-state index < -0.39 is 9.84 Å². The Morgan fingerprint density at radius 1 is 1.25 bits per heavy atom. The molecule has 1 amide bonds. The van der Waals surface area contributed by atoms with Crippen molar-refractivity contribution in [3.05, 3.63) is 30.1 Å². The molecule has 3 rings (SSSR count). The Bertz CT molecular complexity index is 663. The van der Waals surface area contributed by atoms with Crippen molar-refractivity contribution in [2.45, 2.75) is 25.8 Å². The van der Waals surface area contributed by atoms with E-state index in [2.05, 4.69) is 16.0 Å². The quantitative estimate of drug-likeness (QED) is 0.807. The van der Waals surface area contributed by atoms with Gasteiger partial charge in [-0.3, -0.25) is 14.7 Å². The highest BCUT2D eigenvalue weighted by Crippen LogP contribution is 2.22. The molecule has 2 fully saturated rings. The average molecular weight is 351 g/mol. The number of aromatic nitrogens is 1. The van der Waals surface area contributed by atoms with E-state index in [1.165, 1.54) is 5.56 Å². The first kappa shape index (κ1) is 17.4. The van der Waals surface area contributed by atoms with Crippen LogP contribution in [0.25, 0.3) is 0 Å². The molecular weight excluding hydrogens is 326 g/mol. The van der Waals surface area contributed by atoms with Crippen LogP contribution >= 0.6 is 0 Å². The van der Waals surface area contributed by atoms with Gasteiger partial charge >= 0.3 is 0 Å². The van der Waals surface area contributed by atoms with Crippen LogP contribution in [0, 0.1) is 5.92 Å². The lowest BCUT2D eigenvalue weighted by molar-refractivity contribution is -0.131. The molecule has 1 aromatic heterocycles. The number of carbonyl (C=O) groups is 1. The Morgan fingerprint density at radius 3 is 2.83 bits per heavy atom. The van der Waals surface area contributed by atoms with Gasteiger partial charge in [-0.25, -0.2) is 8.42 Å². The van der Waals surface area contributed by atoms with Crippen LogP contribution < -0.4 is 0 Å². The summed E-state index contributed by atoms with van der Waals surface area (Å²) in [5, 5.41) is 0. The lowest BCUT2D eigenvalue weighted by atomic mass is 10.0. The zero-order valence-corrected chi connectivity index (χ0v) is 14.7. The molecule has 2 saturated heterocycles. The van der Waals surface area contributed by atoms with Gasteiger partial charge in [-0.2, -0.15) is 0 Å². The van der Waals surface area contributed by atoms with Crippen molar-refractivity contribution in [2.75, 3.05) is 37.7 Å².